The molecule has 0 aliphatic heterocycles. The van der Waals surface area contributed by atoms with Crippen LogP contribution in [0.25, 0.3) is 0 Å². The second kappa shape index (κ2) is 16.6. The summed E-state index contributed by atoms with van der Waals surface area (Å²) in [6, 6.07) is 0. The molecule has 254 valence electrons. The van der Waals surface area contributed by atoms with Crippen LogP contribution in [0.1, 0.15) is 92.9 Å². The van der Waals surface area contributed by atoms with Crippen LogP contribution < -0.4 is 88.7 Å². The standard InChI is InChI=1S/C29H48O12S3.3Na/c1-17(2)18(3)8-9-19(4)20-10-12-29(7)22-14-24(39-42(30,31)32)23-15-25(40-43(33,34)35)26(41-44(36,37)38)16-27(23,5)21(22)11-13-28(20,29)6;;;/h11,17,19-20,22-26H,3,8-10,12-16H2,1-2,4-7H3,(H,30,31,32)(H,33,34,35)(H,36,37,38);;;/q;3*+1/p-3/t19?,20-,22-,23-,24+,25+,26+,27-,28-,29+;;;/m1.../s1. The second-order valence-corrected chi connectivity index (χ2v) is 17.6. The normalized spacial score (nSPS) is 37.5. The summed E-state index contributed by atoms with van der Waals surface area (Å²) in [5, 5.41) is 0. The fourth-order valence-electron chi connectivity index (χ4n) is 9.49. The molecule has 18 heteroatoms. The zero-order valence-corrected chi connectivity index (χ0v) is 37.6. The third-order valence-corrected chi connectivity index (χ3v) is 13.5. The Kier molecular flexibility index (Phi) is 16.7. The monoisotopic (exact) mass is 750 g/mol. The van der Waals surface area contributed by atoms with Gasteiger partial charge in [0.2, 0.25) is 31.2 Å². The van der Waals surface area contributed by atoms with Crippen LogP contribution in [0.5, 0.6) is 0 Å². The molecule has 0 saturated heterocycles. The average Bonchev–Trinajstić information content (AvgIpc) is 3.12. The second-order valence-electron chi connectivity index (χ2n) is 14.6. The molecule has 0 N–H and O–H groups in total. The van der Waals surface area contributed by atoms with Crippen molar-refractivity contribution in [1.82, 2.24) is 0 Å². The van der Waals surface area contributed by atoms with Gasteiger partial charge in [0.25, 0.3) is 0 Å². The molecule has 0 amide bonds. The van der Waals surface area contributed by atoms with Crippen molar-refractivity contribution in [3.63, 3.8) is 0 Å². The maximum atomic E-state index is 12.0. The summed E-state index contributed by atoms with van der Waals surface area (Å²) in [7, 11) is -15.9. The smallest absolute Gasteiger partial charge is 0.726 e. The molecule has 3 fully saturated rings. The molecule has 0 aromatic carbocycles. The maximum Gasteiger partial charge on any atom is 1.00 e. The molecule has 1 unspecified atom stereocenters. The third-order valence-electron chi connectivity index (χ3n) is 12.1. The van der Waals surface area contributed by atoms with Gasteiger partial charge in [0, 0.05) is 0 Å². The molecule has 0 aromatic rings. The van der Waals surface area contributed by atoms with Crippen LogP contribution in [0.3, 0.4) is 0 Å². The van der Waals surface area contributed by atoms with Crippen molar-refractivity contribution in [1.29, 1.82) is 0 Å². The van der Waals surface area contributed by atoms with Gasteiger partial charge in [-0.25, -0.2) is 25.3 Å². The maximum absolute atomic E-state index is 12.0. The molecule has 0 radical (unpaired) electrons. The van der Waals surface area contributed by atoms with Gasteiger partial charge < -0.3 is 13.7 Å². The van der Waals surface area contributed by atoms with E-state index in [9.17, 15) is 38.9 Å². The Balaban J connectivity index is 0.00000368. The van der Waals surface area contributed by atoms with Crippen molar-refractivity contribution in [2.45, 2.75) is 111 Å². The Morgan fingerprint density at radius 2 is 1.36 bits per heavy atom. The van der Waals surface area contributed by atoms with Gasteiger partial charge in [-0.2, -0.15) is 0 Å². The predicted octanol–water partition coefficient (Wildman–Crippen LogP) is -4.65. The molecular formula is C29H45Na3O12S3. The minimum absolute atomic E-state index is 0. The fourth-order valence-corrected chi connectivity index (χ4v) is 11.0. The predicted molar refractivity (Wildman–Crippen MR) is 157 cm³/mol. The van der Waals surface area contributed by atoms with Gasteiger partial charge in [0.15, 0.2) is 0 Å². The molecule has 0 spiro atoms. The van der Waals surface area contributed by atoms with Crippen LogP contribution in [0.4, 0.5) is 0 Å². The summed E-state index contributed by atoms with van der Waals surface area (Å²) in [6.07, 6.45) is 1.43. The SMILES string of the molecule is C=C(CCC(C)[C@H]1CC[C@@]2(C)[C@@H]3C[C@H](OS(=O)(=O)[O-])[C@H]4C[C@H](OS(=O)(=O)[O-])[C@@H](OS(=O)(=O)[O-])C[C@]4(C)C3=CC[C@]12C)C(C)C.[Na+].[Na+].[Na+]. The van der Waals surface area contributed by atoms with Crippen LogP contribution >= 0.6 is 0 Å². The van der Waals surface area contributed by atoms with E-state index in [2.05, 4.69) is 51.5 Å². The topological polar surface area (TPSA) is 199 Å². The van der Waals surface area contributed by atoms with E-state index in [1.54, 1.807) is 6.92 Å². The summed E-state index contributed by atoms with van der Waals surface area (Å²) in [6.45, 7) is 17.0. The third kappa shape index (κ3) is 10.2. The van der Waals surface area contributed by atoms with Gasteiger partial charge >= 0.3 is 88.7 Å². The van der Waals surface area contributed by atoms with E-state index in [-0.39, 0.29) is 118 Å². The van der Waals surface area contributed by atoms with E-state index in [1.807, 2.05) is 0 Å². The van der Waals surface area contributed by atoms with Gasteiger partial charge in [0.1, 0.15) is 12.2 Å². The van der Waals surface area contributed by atoms with Crippen molar-refractivity contribution in [3.05, 3.63) is 23.8 Å². The summed E-state index contributed by atoms with van der Waals surface area (Å²) in [5.74, 6) is 0.0140. The zero-order chi connectivity index (χ0) is 33.3. The Morgan fingerprint density at radius 3 is 1.87 bits per heavy atom. The number of allylic oxidation sites excluding steroid dienone is 3. The molecule has 4 aliphatic rings. The van der Waals surface area contributed by atoms with Crippen LogP contribution in [-0.4, -0.2) is 57.2 Å². The first-order valence-corrected chi connectivity index (χ1v) is 19.2. The zero-order valence-electron chi connectivity index (χ0n) is 29.2. The van der Waals surface area contributed by atoms with Crippen LogP contribution in [0.2, 0.25) is 0 Å². The Morgan fingerprint density at radius 1 is 0.851 bits per heavy atom. The first kappa shape index (κ1) is 47.1. The molecule has 47 heavy (non-hydrogen) atoms. The van der Waals surface area contributed by atoms with Gasteiger partial charge in [-0.15, -0.1) is 0 Å². The Labute approximate surface area is 348 Å². The molecular weight excluding hydrogens is 705 g/mol. The van der Waals surface area contributed by atoms with Crippen LogP contribution in [0, 0.1) is 45.8 Å². The quantitative estimate of drug-likeness (QED) is 0.0849. The summed E-state index contributed by atoms with van der Waals surface area (Å²) in [5.41, 5.74) is 0.519. The molecule has 0 bridgehead atoms. The van der Waals surface area contributed by atoms with Gasteiger partial charge in [-0.1, -0.05) is 65.3 Å². The summed E-state index contributed by atoms with van der Waals surface area (Å²) in [4.78, 5) is 0. The molecule has 3 saturated carbocycles. The molecule has 10 atom stereocenters. The van der Waals surface area contributed by atoms with Crippen LogP contribution in [-0.2, 0) is 43.7 Å². The van der Waals surface area contributed by atoms with E-state index >= 15 is 0 Å². The van der Waals surface area contributed by atoms with Gasteiger partial charge in [-0.05, 0) is 97.2 Å². The van der Waals surface area contributed by atoms with E-state index in [4.69, 9.17) is 8.37 Å². The Hall–Kier alpha value is 2.09. The van der Waals surface area contributed by atoms with E-state index in [0.29, 0.717) is 24.2 Å². The van der Waals surface area contributed by atoms with E-state index < -0.39 is 67.3 Å². The van der Waals surface area contributed by atoms with E-state index in [0.717, 1.165) is 31.3 Å². The number of fused-ring (bicyclic) bond motifs is 5. The van der Waals surface area contributed by atoms with Crippen molar-refractivity contribution >= 4 is 31.2 Å². The number of hydrogen-bond acceptors (Lipinski definition) is 12. The molecule has 12 nitrogen and oxygen atoms in total. The summed E-state index contributed by atoms with van der Waals surface area (Å²) < 4.78 is 120. The first-order chi connectivity index (χ1) is 19.9. The number of rotatable bonds is 11. The van der Waals surface area contributed by atoms with E-state index in [1.165, 1.54) is 5.57 Å². The van der Waals surface area contributed by atoms with Crippen LogP contribution in [0.15, 0.2) is 23.8 Å². The van der Waals surface area contributed by atoms with Crippen molar-refractivity contribution in [2.24, 2.45) is 45.8 Å². The first-order valence-electron chi connectivity index (χ1n) is 15.2. The molecule has 4 rings (SSSR count). The summed E-state index contributed by atoms with van der Waals surface area (Å²) >= 11 is 0. The molecule has 0 heterocycles. The Bertz CT molecular complexity index is 1500. The number of hydrogen-bond donors (Lipinski definition) is 0. The average molecular weight is 751 g/mol. The van der Waals surface area contributed by atoms with Crippen molar-refractivity contribution < 1.29 is 140 Å². The van der Waals surface area contributed by atoms with Gasteiger partial charge in [-0.3, -0.25) is 12.5 Å². The minimum Gasteiger partial charge on any atom is -0.726 e. The van der Waals surface area contributed by atoms with Crippen molar-refractivity contribution in [2.75, 3.05) is 0 Å². The molecule has 4 aliphatic carbocycles. The largest absolute Gasteiger partial charge is 1.00 e. The van der Waals surface area contributed by atoms with Gasteiger partial charge in [0.05, 0.1) is 6.10 Å². The fraction of sp³-hybridized carbons (Fsp3) is 0.862. The minimum atomic E-state index is -5.37. The van der Waals surface area contributed by atoms with Crippen molar-refractivity contribution in [3.8, 4) is 0 Å². The molecule has 0 aromatic heterocycles.